The van der Waals surface area contributed by atoms with E-state index in [0.717, 1.165) is 16.8 Å². The van der Waals surface area contributed by atoms with E-state index in [-0.39, 0.29) is 5.91 Å². The van der Waals surface area contributed by atoms with Crippen LogP contribution in [-0.2, 0) is 24.8 Å². The monoisotopic (exact) mass is 288 g/mol. The van der Waals surface area contributed by atoms with Crippen LogP contribution in [0.1, 0.15) is 23.2 Å². The first-order valence-electron chi connectivity index (χ1n) is 6.84. The number of rotatable bonds is 6. The third-order valence-electron chi connectivity index (χ3n) is 3.33. The summed E-state index contributed by atoms with van der Waals surface area (Å²) in [5.74, 6) is 0.694. The van der Waals surface area contributed by atoms with E-state index < -0.39 is 0 Å². The number of nitrogens with zero attached hydrogens (tertiary/aromatic N) is 3. The molecule has 112 valence electrons. The quantitative estimate of drug-likeness (QED) is 0.872. The molecule has 2 aromatic heterocycles. The fourth-order valence-corrected chi connectivity index (χ4v) is 2.22. The molecule has 0 aliphatic carbocycles. The Balaban J connectivity index is 1.87. The molecule has 0 bridgehead atoms. The van der Waals surface area contributed by atoms with Gasteiger partial charge in [-0.25, -0.2) is 4.68 Å². The lowest BCUT2D eigenvalue weighted by Crippen LogP contribution is -2.23. The molecule has 1 N–H and O–H groups in total. The Hall–Kier alpha value is -2.37. The van der Waals surface area contributed by atoms with Gasteiger partial charge in [-0.1, -0.05) is 0 Å². The number of amides is 1. The molecule has 0 spiro atoms. The molecule has 0 atom stereocenters. The first-order valence-corrected chi connectivity index (χ1v) is 6.84. The number of aryl methyl sites for hydroxylation is 3. The lowest BCUT2D eigenvalue weighted by molar-refractivity contribution is -0.121. The van der Waals surface area contributed by atoms with Crippen LogP contribution in [0.15, 0.2) is 24.5 Å². The van der Waals surface area contributed by atoms with Crippen molar-refractivity contribution >= 4 is 5.91 Å². The number of hydrogen-bond donors (Lipinski definition) is 1. The van der Waals surface area contributed by atoms with Crippen molar-refractivity contribution in [3.05, 3.63) is 41.3 Å². The van der Waals surface area contributed by atoms with Gasteiger partial charge < -0.3 is 10.1 Å². The van der Waals surface area contributed by atoms with Gasteiger partial charge in [0.25, 0.3) is 0 Å². The van der Waals surface area contributed by atoms with Gasteiger partial charge in [-0.2, -0.15) is 5.10 Å². The Morgan fingerprint density at radius 2 is 2.10 bits per heavy atom. The zero-order valence-corrected chi connectivity index (χ0v) is 12.6. The van der Waals surface area contributed by atoms with Crippen molar-refractivity contribution < 1.29 is 9.53 Å². The third kappa shape index (κ3) is 3.81. The lowest BCUT2D eigenvalue weighted by Gasteiger charge is -2.07. The first kappa shape index (κ1) is 15.0. The predicted octanol–water partition coefficient (Wildman–Crippen LogP) is 1.38. The fraction of sp³-hybridized carbons (Fsp3) is 0.400. The van der Waals surface area contributed by atoms with Gasteiger partial charge in [0.05, 0.1) is 18.4 Å². The van der Waals surface area contributed by atoms with Crippen LogP contribution in [0.2, 0.25) is 0 Å². The topological polar surface area (TPSA) is 69.0 Å². The minimum absolute atomic E-state index is 0.0112. The predicted molar refractivity (Wildman–Crippen MR) is 78.9 cm³/mol. The minimum atomic E-state index is 0.0112. The molecule has 0 unspecified atom stereocenters. The van der Waals surface area contributed by atoms with Crippen molar-refractivity contribution in [1.29, 1.82) is 0 Å². The highest BCUT2D eigenvalue weighted by Gasteiger charge is 2.14. The number of hydrogen-bond acceptors (Lipinski definition) is 4. The van der Waals surface area contributed by atoms with Crippen molar-refractivity contribution in [3.8, 4) is 5.88 Å². The van der Waals surface area contributed by atoms with Crippen LogP contribution in [0.25, 0.3) is 0 Å². The molecule has 0 radical (unpaired) electrons. The SMILES string of the molecule is COc1c(CNC(=O)CCc2ccncc2)c(C)nn1C. The molecule has 2 heterocycles. The second kappa shape index (κ2) is 6.88. The summed E-state index contributed by atoms with van der Waals surface area (Å²) in [6.07, 6.45) is 4.62. The summed E-state index contributed by atoms with van der Waals surface area (Å²) >= 11 is 0. The van der Waals surface area contributed by atoms with E-state index in [1.54, 1.807) is 24.2 Å². The van der Waals surface area contributed by atoms with Crippen molar-refractivity contribution in [3.63, 3.8) is 0 Å². The fourth-order valence-electron chi connectivity index (χ4n) is 2.22. The Labute approximate surface area is 124 Å². The smallest absolute Gasteiger partial charge is 0.220 e. The maximum Gasteiger partial charge on any atom is 0.220 e. The second-order valence-corrected chi connectivity index (χ2v) is 4.83. The number of aromatic nitrogens is 3. The third-order valence-corrected chi connectivity index (χ3v) is 3.33. The Bertz CT molecular complexity index is 608. The molecule has 21 heavy (non-hydrogen) atoms. The van der Waals surface area contributed by atoms with Crippen molar-refractivity contribution in [2.75, 3.05) is 7.11 Å². The first-order chi connectivity index (χ1) is 10.1. The van der Waals surface area contributed by atoms with E-state index in [1.165, 1.54) is 0 Å². The Morgan fingerprint density at radius 3 is 2.76 bits per heavy atom. The maximum atomic E-state index is 11.9. The zero-order valence-electron chi connectivity index (χ0n) is 12.6. The van der Waals surface area contributed by atoms with Gasteiger partial charge in [0.1, 0.15) is 0 Å². The summed E-state index contributed by atoms with van der Waals surface area (Å²) < 4.78 is 6.98. The van der Waals surface area contributed by atoms with Crippen LogP contribution in [0.5, 0.6) is 5.88 Å². The number of methoxy groups -OCH3 is 1. The van der Waals surface area contributed by atoms with E-state index in [9.17, 15) is 4.79 Å². The van der Waals surface area contributed by atoms with E-state index >= 15 is 0 Å². The Morgan fingerprint density at radius 1 is 1.38 bits per heavy atom. The van der Waals surface area contributed by atoms with Crippen LogP contribution >= 0.6 is 0 Å². The van der Waals surface area contributed by atoms with Crippen LogP contribution < -0.4 is 10.1 Å². The highest BCUT2D eigenvalue weighted by molar-refractivity contribution is 5.76. The largest absolute Gasteiger partial charge is 0.481 e. The van der Waals surface area contributed by atoms with Crippen LogP contribution in [0.4, 0.5) is 0 Å². The summed E-state index contributed by atoms with van der Waals surface area (Å²) in [5.41, 5.74) is 2.89. The molecular weight excluding hydrogens is 268 g/mol. The number of ether oxygens (including phenoxy) is 1. The average Bonchev–Trinajstić information content (AvgIpc) is 2.77. The molecule has 0 fully saturated rings. The zero-order chi connectivity index (χ0) is 15.2. The van der Waals surface area contributed by atoms with Crippen molar-refractivity contribution in [2.45, 2.75) is 26.3 Å². The van der Waals surface area contributed by atoms with E-state index in [0.29, 0.717) is 25.3 Å². The van der Waals surface area contributed by atoms with Gasteiger partial charge in [0.2, 0.25) is 11.8 Å². The van der Waals surface area contributed by atoms with Crippen molar-refractivity contribution in [1.82, 2.24) is 20.1 Å². The molecule has 0 saturated carbocycles. The van der Waals surface area contributed by atoms with E-state index in [1.807, 2.05) is 26.1 Å². The molecule has 6 nitrogen and oxygen atoms in total. The van der Waals surface area contributed by atoms with Crippen LogP contribution in [-0.4, -0.2) is 27.8 Å². The van der Waals surface area contributed by atoms with Gasteiger partial charge in [-0.05, 0) is 31.0 Å². The molecule has 0 aliphatic heterocycles. The minimum Gasteiger partial charge on any atom is -0.481 e. The van der Waals surface area contributed by atoms with E-state index in [2.05, 4.69) is 15.4 Å². The van der Waals surface area contributed by atoms with Crippen LogP contribution in [0.3, 0.4) is 0 Å². The highest BCUT2D eigenvalue weighted by Crippen LogP contribution is 2.20. The maximum absolute atomic E-state index is 11.9. The van der Waals surface area contributed by atoms with Gasteiger partial charge in [0.15, 0.2) is 0 Å². The number of pyridine rings is 1. The number of carbonyl (C=O) groups excluding carboxylic acids is 1. The molecule has 2 rings (SSSR count). The number of carbonyl (C=O) groups is 1. The molecule has 6 heteroatoms. The second-order valence-electron chi connectivity index (χ2n) is 4.83. The van der Waals surface area contributed by atoms with Gasteiger partial charge in [-0.15, -0.1) is 0 Å². The van der Waals surface area contributed by atoms with Gasteiger partial charge in [-0.3, -0.25) is 9.78 Å². The summed E-state index contributed by atoms with van der Waals surface area (Å²) in [6, 6.07) is 3.84. The summed E-state index contributed by atoms with van der Waals surface area (Å²) in [7, 11) is 3.42. The normalized spacial score (nSPS) is 10.4. The molecule has 0 saturated heterocycles. The summed E-state index contributed by atoms with van der Waals surface area (Å²) in [6.45, 7) is 2.33. The van der Waals surface area contributed by atoms with Gasteiger partial charge >= 0.3 is 0 Å². The molecule has 0 aliphatic rings. The molecule has 1 amide bonds. The van der Waals surface area contributed by atoms with Crippen LogP contribution in [0, 0.1) is 6.92 Å². The number of nitrogens with one attached hydrogen (secondary N) is 1. The standard InChI is InChI=1S/C15H20N4O2/c1-11-13(15(21-3)19(2)18-11)10-17-14(20)5-4-12-6-8-16-9-7-12/h6-9H,4-5,10H2,1-3H3,(H,17,20). The molecule has 0 aromatic carbocycles. The molecule has 2 aromatic rings. The van der Waals surface area contributed by atoms with Gasteiger partial charge in [0, 0.05) is 32.4 Å². The van der Waals surface area contributed by atoms with Crippen molar-refractivity contribution in [2.24, 2.45) is 7.05 Å². The average molecular weight is 288 g/mol. The molecular formula is C15H20N4O2. The highest BCUT2D eigenvalue weighted by atomic mass is 16.5. The Kier molecular flexibility index (Phi) is 4.92. The lowest BCUT2D eigenvalue weighted by atomic mass is 10.1. The van der Waals surface area contributed by atoms with E-state index in [4.69, 9.17) is 4.74 Å². The summed E-state index contributed by atoms with van der Waals surface area (Å²) in [5, 5.41) is 7.20. The summed E-state index contributed by atoms with van der Waals surface area (Å²) in [4.78, 5) is 15.9.